The summed E-state index contributed by atoms with van der Waals surface area (Å²) in [7, 11) is 0. The van der Waals surface area contributed by atoms with Gasteiger partial charge in [0.15, 0.2) is 5.12 Å². The number of thioether (sulfide) groups is 1. The number of carbonyl (C=O) groups is 4. The van der Waals surface area contributed by atoms with Gasteiger partial charge in [-0.25, -0.2) is 4.79 Å². The first-order valence-electron chi connectivity index (χ1n) is 11.6. The Balaban J connectivity index is 1.75. The van der Waals surface area contributed by atoms with Crippen LogP contribution in [0.4, 0.5) is 0 Å². The number of likely N-dealkylation sites (tertiary alicyclic amines) is 1. The molecule has 0 saturated carbocycles. The number of aromatic hydroxyl groups is 1. The smallest absolute Gasteiger partial charge is 0.328 e. The SMILES string of the molecule is CCOC(=O)[C@@H]1CC[C@H](c2ccccc2O)N1C(=O)CNC(=O)[C@H](Cc1ccccc1)SC(C)=O. The van der Waals surface area contributed by atoms with Gasteiger partial charge in [-0.2, -0.15) is 0 Å². The Labute approximate surface area is 209 Å². The predicted molar refractivity (Wildman–Crippen MR) is 133 cm³/mol. The maximum Gasteiger partial charge on any atom is 0.328 e. The molecule has 9 heteroatoms. The van der Waals surface area contributed by atoms with Crippen molar-refractivity contribution in [1.29, 1.82) is 0 Å². The van der Waals surface area contributed by atoms with Crippen LogP contribution in [0.3, 0.4) is 0 Å². The van der Waals surface area contributed by atoms with E-state index in [1.807, 2.05) is 30.3 Å². The van der Waals surface area contributed by atoms with E-state index in [0.29, 0.717) is 24.8 Å². The zero-order chi connectivity index (χ0) is 25.4. The maximum atomic E-state index is 13.3. The number of nitrogens with one attached hydrogen (secondary N) is 1. The number of amides is 2. The topological polar surface area (TPSA) is 113 Å². The van der Waals surface area contributed by atoms with Gasteiger partial charge in [-0.1, -0.05) is 60.3 Å². The molecule has 1 heterocycles. The van der Waals surface area contributed by atoms with Gasteiger partial charge < -0.3 is 20.1 Å². The number of phenols is 1. The number of para-hydroxylation sites is 1. The molecule has 2 N–H and O–H groups in total. The van der Waals surface area contributed by atoms with E-state index < -0.39 is 35.1 Å². The van der Waals surface area contributed by atoms with Gasteiger partial charge in [0, 0.05) is 12.5 Å². The zero-order valence-electron chi connectivity index (χ0n) is 19.8. The quantitative estimate of drug-likeness (QED) is 0.511. The molecule has 0 radical (unpaired) electrons. The lowest BCUT2D eigenvalue weighted by atomic mass is 10.0. The standard InChI is InChI=1S/C26H30N2O6S/c1-3-34-26(33)21-14-13-20(19-11-7-8-12-22(19)30)28(21)24(31)16-27-25(32)23(35-17(2)29)15-18-9-5-4-6-10-18/h4-12,20-21,23,30H,3,13-16H2,1-2H3,(H,27,32)/t20-,21+,23+/m1/s1. The fourth-order valence-electron chi connectivity index (χ4n) is 4.29. The number of ether oxygens (including phenoxy) is 1. The molecule has 2 aromatic rings. The third-order valence-electron chi connectivity index (χ3n) is 5.81. The number of nitrogens with zero attached hydrogens (tertiary/aromatic N) is 1. The highest BCUT2D eigenvalue weighted by atomic mass is 32.2. The first-order valence-corrected chi connectivity index (χ1v) is 12.4. The number of hydrogen-bond donors (Lipinski definition) is 2. The number of carbonyl (C=O) groups excluding carboxylic acids is 4. The van der Waals surface area contributed by atoms with E-state index >= 15 is 0 Å². The minimum absolute atomic E-state index is 0.0321. The van der Waals surface area contributed by atoms with E-state index in [2.05, 4.69) is 5.32 Å². The molecule has 0 aliphatic carbocycles. The van der Waals surface area contributed by atoms with Crippen molar-refractivity contribution in [3.05, 3.63) is 65.7 Å². The normalized spacial score (nSPS) is 18.1. The Morgan fingerprint density at radius 2 is 1.77 bits per heavy atom. The average molecular weight is 499 g/mol. The fraction of sp³-hybridized carbons (Fsp3) is 0.385. The van der Waals surface area contributed by atoms with Gasteiger partial charge in [-0.15, -0.1) is 0 Å². The van der Waals surface area contributed by atoms with Crippen LogP contribution in [0.25, 0.3) is 0 Å². The van der Waals surface area contributed by atoms with Gasteiger partial charge in [0.1, 0.15) is 11.8 Å². The molecular weight excluding hydrogens is 468 g/mol. The van der Waals surface area contributed by atoms with Crippen LogP contribution in [-0.2, 0) is 30.3 Å². The van der Waals surface area contributed by atoms with E-state index in [-0.39, 0.29) is 24.0 Å². The van der Waals surface area contributed by atoms with Crippen molar-refractivity contribution in [3.63, 3.8) is 0 Å². The summed E-state index contributed by atoms with van der Waals surface area (Å²) in [5.74, 6) is -1.38. The number of benzene rings is 2. The van der Waals surface area contributed by atoms with E-state index in [4.69, 9.17) is 4.74 Å². The Morgan fingerprint density at radius 1 is 1.09 bits per heavy atom. The monoisotopic (exact) mass is 498 g/mol. The zero-order valence-corrected chi connectivity index (χ0v) is 20.6. The highest BCUT2D eigenvalue weighted by molar-refractivity contribution is 8.14. The minimum atomic E-state index is -0.810. The van der Waals surface area contributed by atoms with Gasteiger partial charge in [0.05, 0.1) is 24.4 Å². The first-order chi connectivity index (χ1) is 16.8. The van der Waals surface area contributed by atoms with Crippen LogP contribution < -0.4 is 5.32 Å². The van der Waals surface area contributed by atoms with E-state index in [0.717, 1.165) is 17.3 Å². The van der Waals surface area contributed by atoms with Gasteiger partial charge in [-0.05, 0) is 37.8 Å². The van der Waals surface area contributed by atoms with Crippen molar-refractivity contribution in [1.82, 2.24) is 10.2 Å². The van der Waals surface area contributed by atoms with Gasteiger partial charge in [0.25, 0.3) is 0 Å². The van der Waals surface area contributed by atoms with Crippen molar-refractivity contribution in [3.8, 4) is 5.75 Å². The molecule has 0 aromatic heterocycles. The van der Waals surface area contributed by atoms with Gasteiger partial charge in [0.2, 0.25) is 11.8 Å². The molecule has 0 bridgehead atoms. The Kier molecular flexibility index (Phi) is 9.31. The fourth-order valence-corrected chi connectivity index (χ4v) is 5.15. The van der Waals surface area contributed by atoms with Crippen LogP contribution >= 0.6 is 11.8 Å². The summed E-state index contributed by atoms with van der Waals surface area (Å²) in [5.41, 5.74) is 1.43. The summed E-state index contributed by atoms with van der Waals surface area (Å²) in [6, 6.07) is 14.7. The largest absolute Gasteiger partial charge is 0.508 e. The van der Waals surface area contributed by atoms with Crippen molar-refractivity contribution >= 4 is 34.7 Å². The Hall–Kier alpha value is -3.33. The molecule has 35 heavy (non-hydrogen) atoms. The molecule has 3 atom stereocenters. The van der Waals surface area contributed by atoms with E-state index in [1.165, 1.54) is 17.9 Å². The van der Waals surface area contributed by atoms with Crippen molar-refractivity contribution in [2.24, 2.45) is 0 Å². The Morgan fingerprint density at radius 3 is 2.43 bits per heavy atom. The molecule has 1 aliphatic rings. The van der Waals surface area contributed by atoms with Crippen LogP contribution in [0, 0.1) is 0 Å². The third kappa shape index (κ3) is 6.85. The van der Waals surface area contributed by atoms with Crippen molar-refractivity contribution in [2.45, 2.75) is 50.4 Å². The molecule has 1 aliphatic heterocycles. The lowest BCUT2D eigenvalue weighted by Gasteiger charge is -2.30. The van der Waals surface area contributed by atoms with Gasteiger partial charge in [-0.3, -0.25) is 14.4 Å². The molecule has 2 aromatic carbocycles. The van der Waals surface area contributed by atoms with E-state index in [1.54, 1.807) is 25.1 Å². The van der Waals surface area contributed by atoms with Crippen LogP contribution in [-0.4, -0.2) is 57.3 Å². The molecule has 8 nitrogen and oxygen atoms in total. The molecular formula is C26H30N2O6S. The molecule has 0 unspecified atom stereocenters. The lowest BCUT2D eigenvalue weighted by Crippen LogP contribution is -2.48. The molecule has 0 spiro atoms. The molecule has 186 valence electrons. The second-order valence-corrected chi connectivity index (χ2v) is 9.61. The summed E-state index contributed by atoms with van der Waals surface area (Å²) in [4.78, 5) is 52.0. The van der Waals surface area contributed by atoms with Crippen LogP contribution in [0.2, 0.25) is 0 Å². The lowest BCUT2D eigenvalue weighted by molar-refractivity contribution is -0.154. The average Bonchev–Trinajstić information content (AvgIpc) is 3.28. The predicted octanol–water partition coefficient (Wildman–Crippen LogP) is 2.99. The summed E-state index contributed by atoms with van der Waals surface area (Å²) in [5, 5.41) is 12.1. The molecule has 3 rings (SSSR count). The highest BCUT2D eigenvalue weighted by Gasteiger charge is 2.43. The number of esters is 1. The number of hydrogen-bond acceptors (Lipinski definition) is 7. The van der Waals surface area contributed by atoms with E-state index in [9.17, 15) is 24.3 Å². The van der Waals surface area contributed by atoms with Crippen LogP contribution in [0.15, 0.2) is 54.6 Å². The third-order valence-corrected chi connectivity index (χ3v) is 6.80. The molecule has 1 fully saturated rings. The number of phenolic OH excluding ortho intramolecular Hbond substituents is 1. The summed E-state index contributed by atoms with van der Waals surface area (Å²) < 4.78 is 5.17. The molecule has 2 amide bonds. The summed E-state index contributed by atoms with van der Waals surface area (Å²) in [6.07, 6.45) is 1.19. The van der Waals surface area contributed by atoms with Crippen molar-refractivity contribution < 1.29 is 29.0 Å². The number of rotatable bonds is 9. The van der Waals surface area contributed by atoms with Gasteiger partial charge >= 0.3 is 5.97 Å². The highest BCUT2D eigenvalue weighted by Crippen LogP contribution is 2.40. The Bertz CT molecular complexity index is 1060. The first kappa shape index (κ1) is 26.3. The maximum absolute atomic E-state index is 13.3. The second kappa shape index (κ2) is 12.4. The van der Waals surface area contributed by atoms with Crippen LogP contribution in [0.5, 0.6) is 5.75 Å². The van der Waals surface area contributed by atoms with Crippen LogP contribution in [0.1, 0.15) is 43.9 Å². The second-order valence-electron chi connectivity index (χ2n) is 8.23. The van der Waals surface area contributed by atoms with Crippen molar-refractivity contribution in [2.75, 3.05) is 13.2 Å². The summed E-state index contributed by atoms with van der Waals surface area (Å²) >= 11 is 0.915. The molecule has 1 saturated heterocycles. The minimum Gasteiger partial charge on any atom is -0.508 e. The summed E-state index contributed by atoms with van der Waals surface area (Å²) in [6.45, 7) is 2.92.